The first-order chi connectivity index (χ1) is 18.2. The van der Waals surface area contributed by atoms with Crippen molar-refractivity contribution in [2.24, 2.45) is 0 Å². The van der Waals surface area contributed by atoms with E-state index in [1.165, 1.54) is 18.2 Å². The van der Waals surface area contributed by atoms with Crippen LogP contribution in [0.2, 0.25) is 5.02 Å². The van der Waals surface area contributed by atoms with Gasteiger partial charge in [0, 0.05) is 5.56 Å². The minimum atomic E-state index is -4.08. The molecule has 194 valence electrons. The Morgan fingerprint density at radius 2 is 1.42 bits per heavy atom. The summed E-state index contributed by atoms with van der Waals surface area (Å²) in [6.45, 7) is 3.65. The van der Waals surface area contributed by atoms with E-state index in [9.17, 15) is 18.0 Å². The molecule has 0 radical (unpaired) electrons. The number of aryl methyl sites for hydroxylation is 1. The second kappa shape index (κ2) is 11.5. The third kappa shape index (κ3) is 6.22. The Morgan fingerprint density at radius 1 is 0.789 bits per heavy atom. The van der Waals surface area contributed by atoms with Gasteiger partial charge in [0.1, 0.15) is 4.90 Å². The van der Waals surface area contributed by atoms with Crippen molar-refractivity contribution in [2.75, 3.05) is 10.0 Å². The molecule has 1 atom stereocenters. The number of hydrogen-bond donors (Lipinski definition) is 3. The molecule has 0 aromatic heterocycles. The van der Waals surface area contributed by atoms with Crippen molar-refractivity contribution in [3.05, 3.63) is 124 Å². The number of carbonyl (C=O) groups excluding carboxylic acids is 2. The molecule has 0 aliphatic carbocycles. The van der Waals surface area contributed by atoms with Gasteiger partial charge in [0.15, 0.2) is 0 Å². The maximum Gasteiger partial charge on any atom is 0.263 e. The lowest BCUT2D eigenvalue weighted by Crippen LogP contribution is -2.28. The molecule has 0 aliphatic rings. The summed E-state index contributed by atoms with van der Waals surface area (Å²) in [4.78, 5) is 25.9. The quantitative estimate of drug-likeness (QED) is 0.244. The number of anilines is 2. The van der Waals surface area contributed by atoms with Gasteiger partial charge in [-0.1, -0.05) is 72.3 Å². The molecule has 0 saturated carbocycles. The minimum Gasteiger partial charge on any atom is -0.345 e. The van der Waals surface area contributed by atoms with Crippen LogP contribution in [0.1, 0.15) is 44.8 Å². The Hall–Kier alpha value is -4.14. The number of halogens is 1. The monoisotopic (exact) mass is 547 g/mol. The van der Waals surface area contributed by atoms with Crippen molar-refractivity contribution in [3.63, 3.8) is 0 Å². The number of para-hydroxylation sites is 2. The number of sulfonamides is 1. The van der Waals surface area contributed by atoms with Crippen LogP contribution < -0.4 is 15.4 Å². The molecule has 0 fully saturated rings. The van der Waals surface area contributed by atoms with E-state index < -0.39 is 15.9 Å². The van der Waals surface area contributed by atoms with Gasteiger partial charge in [-0.25, -0.2) is 8.42 Å². The summed E-state index contributed by atoms with van der Waals surface area (Å²) >= 11 is 6.21. The number of rotatable bonds is 8. The van der Waals surface area contributed by atoms with Crippen LogP contribution in [0.25, 0.3) is 0 Å². The van der Waals surface area contributed by atoms with Crippen LogP contribution in [-0.2, 0) is 10.0 Å². The lowest BCUT2D eigenvalue weighted by Gasteiger charge is -2.17. The molecule has 0 unspecified atom stereocenters. The van der Waals surface area contributed by atoms with Crippen LogP contribution in [0.4, 0.5) is 11.4 Å². The number of carbonyl (C=O) groups is 2. The third-order valence-electron chi connectivity index (χ3n) is 5.94. The highest BCUT2D eigenvalue weighted by molar-refractivity contribution is 7.92. The summed E-state index contributed by atoms with van der Waals surface area (Å²) in [6, 6.07) is 26.8. The smallest absolute Gasteiger partial charge is 0.263 e. The predicted molar refractivity (Wildman–Crippen MR) is 150 cm³/mol. The zero-order valence-electron chi connectivity index (χ0n) is 20.7. The van der Waals surface area contributed by atoms with Crippen LogP contribution in [0.3, 0.4) is 0 Å². The Balaban J connectivity index is 1.55. The topological polar surface area (TPSA) is 104 Å². The molecule has 4 rings (SSSR count). The minimum absolute atomic E-state index is 0.0303. The van der Waals surface area contributed by atoms with Gasteiger partial charge in [-0.2, -0.15) is 0 Å². The second-order valence-corrected chi connectivity index (χ2v) is 10.7. The van der Waals surface area contributed by atoms with Gasteiger partial charge in [-0.3, -0.25) is 14.3 Å². The lowest BCUT2D eigenvalue weighted by atomic mass is 10.1. The Labute approximate surface area is 226 Å². The van der Waals surface area contributed by atoms with Crippen LogP contribution in [0.5, 0.6) is 0 Å². The van der Waals surface area contributed by atoms with Crippen LogP contribution in [-0.4, -0.2) is 20.2 Å². The van der Waals surface area contributed by atoms with Gasteiger partial charge in [-0.15, -0.1) is 0 Å². The molecular formula is C29H26ClN3O4S. The van der Waals surface area contributed by atoms with Crippen molar-refractivity contribution in [1.82, 2.24) is 5.32 Å². The first kappa shape index (κ1) is 26.9. The first-order valence-electron chi connectivity index (χ1n) is 11.8. The zero-order chi connectivity index (χ0) is 27.3. The highest BCUT2D eigenvalue weighted by Crippen LogP contribution is 2.27. The van der Waals surface area contributed by atoms with Gasteiger partial charge >= 0.3 is 0 Å². The van der Waals surface area contributed by atoms with E-state index in [-0.39, 0.29) is 38.7 Å². The number of benzene rings is 4. The maximum atomic E-state index is 13.1. The van der Waals surface area contributed by atoms with Crippen molar-refractivity contribution in [3.8, 4) is 0 Å². The molecule has 0 spiro atoms. The number of hydrogen-bond acceptors (Lipinski definition) is 4. The van der Waals surface area contributed by atoms with Crippen LogP contribution in [0, 0.1) is 6.92 Å². The summed E-state index contributed by atoms with van der Waals surface area (Å²) in [7, 11) is -4.08. The molecule has 4 aromatic carbocycles. The predicted octanol–water partition coefficient (Wildman–Crippen LogP) is 6.19. The normalized spacial score (nSPS) is 11.9. The summed E-state index contributed by atoms with van der Waals surface area (Å²) in [5.41, 5.74) is 2.70. The molecule has 3 N–H and O–H groups in total. The molecule has 38 heavy (non-hydrogen) atoms. The molecular weight excluding hydrogens is 522 g/mol. The zero-order valence-corrected chi connectivity index (χ0v) is 22.3. The largest absolute Gasteiger partial charge is 0.345 e. The molecule has 0 saturated heterocycles. The van der Waals surface area contributed by atoms with Gasteiger partial charge in [0.05, 0.1) is 28.0 Å². The number of nitrogens with one attached hydrogen (secondary N) is 3. The highest BCUT2D eigenvalue weighted by atomic mass is 35.5. The van der Waals surface area contributed by atoms with E-state index in [1.807, 2.05) is 37.3 Å². The average molecular weight is 548 g/mol. The van der Waals surface area contributed by atoms with Gasteiger partial charge in [0.25, 0.3) is 21.8 Å². The van der Waals surface area contributed by atoms with E-state index in [0.717, 1.165) is 11.1 Å². The number of amides is 2. The van der Waals surface area contributed by atoms with Crippen LogP contribution >= 0.6 is 11.6 Å². The SMILES string of the molecule is Cc1ccccc1NS(=O)(=O)c1cc(C(=O)Nc2ccccc2C(=O)N[C@H](C)c2ccccc2)ccc1Cl. The lowest BCUT2D eigenvalue weighted by molar-refractivity contribution is 0.0940. The fourth-order valence-electron chi connectivity index (χ4n) is 3.82. The molecule has 2 amide bonds. The summed E-state index contributed by atoms with van der Waals surface area (Å²) in [5.74, 6) is -0.954. The summed E-state index contributed by atoms with van der Waals surface area (Å²) < 4.78 is 28.7. The molecule has 0 bridgehead atoms. The van der Waals surface area contributed by atoms with Gasteiger partial charge in [-0.05, 0) is 61.4 Å². The van der Waals surface area contributed by atoms with E-state index >= 15 is 0 Å². The van der Waals surface area contributed by atoms with Gasteiger partial charge < -0.3 is 10.6 Å². The van der Waals surface area contributed by atoms with Crippen molar-refractivity contribution in [1.29, 1.82) is 0 Å². The second-order valence-electron chi connectivity index (χ2n) is 8.67. The van der Waals surface area contributed by atoms with E-state index in [0.29, 0.717) is 5.69 Å². The van der Waals surface area contributed by atoms with Gasteiger partial charge in [0.2, 0.25) is 0 Å². The average Bonchev–Trinajstić information content (AvgIpc) is 2.90. The third-order valence-corrected chi connectivity index (χ3v) is 7.79. The van der Waals surface area contributed by atoms with E-state index in [4.69, 9.17) is 11.6 Å². The molecule has 0 aliphatic heterocycles. The Kier molecular flexibility index (Phi) is 8.14. The molecule has 0 heterocycles. The van der Waals surface area contributed by atoms with E-state index in [1.54, 1.807) is 55.5 Å². The summed E-state index contributed by atoms with van der Waals surface area (Å²) in [5, 5.41) is 5.62. The molecule has 9 heteroatoms. The molecule has 4 aromatic rings. The highest BCUT2D eigenvalue weighted by Gasteiger charge is 2.22. The fourth-order valence-corrected chi connectivity index (χ4v) is 5.48. The van der Waals surface area contributed by atoms with Crippen molar-refractivity contribution >= 4 is 44.8 Å². The summed E-state index contributed by atoms with van der Waals surface area (Å²) in [6.07, 6.45) is 0. The standard InChI is InChI=1S/C29H26ClN3O4S/c1-19-10-6-8-14-25(19)33-38(36,37)27-18-22(16-17-24(27)30)28(34)32-26-15-9-7-13-23(26)29(35)31-20(2)21-11-4-3-5-12-21/h3-18,20,33H,1-2H3,(H,31,35)(H,32,34)/t20-/m1/s1. The molecule has 7 nitrogen and oxygen atoms in total. The maximum absolute atomic E-state index is 13.1. The van der Waals surface area contributed by atoms with Crippen molar-refractivity contribution < 1.29 is 18.0 Å². The van der Waals surface area contributed by atoms with Crippen LogP contribution in [0.15, 0.2) is 102 Å². The van der Waals surface area contributed by atoms with E-state index in [2.05, 4.69) is 15.4 Å². The Morgan fingerprint density at radius 3 is 2.13 bits per heavy atom. The Bertz CT molecular complexity index is 1590. The van der Waals surface area contributed by atoms with Crippen molar-refractivity contribution in [2.45, 2.75) is 24.8 Å². The fraction of sp³-hybridized carbons (Fsp3) is 0.103. The first-order valence-corrected chi connectivity index (χ1v) is 13.7.